The molecular formula is C9H12N2O4S. The van der Waals surface area contributed by atoms with Crippen LogP contribution in [0.1, 0.15) is 18.0 Å². The Morgan fingerprint density at radius 2 is 2.31 bits per heavy atom. The average Bonchev–Trinajstić information content (AvgIpc) is 2.15. The van der Waals surface area contributed by atoms with Crippen molar-refractivity contribution in [2.24, 2.45) is 0 Å². The van der Waals surface area contributed by atoms with E-state index in [2.05, 4.69) is 9.71 Å². The molecule has 7 heteroatoms. The highest BCUT2D eigenvalue weighted by molar-refractivity contribution is 7.88. The third-order valence-electron chi connectivity index (χ3n) is 1.82. The predicted molar refractivity (Wildman–Crippen MR) is 57.2 cm³/mol. The molecule has 1 heterocycles. The maximum Gasteiger partial charge on any atom is 0.305 e. The van der Waals surface area contributed by atoms with Crippen molar-refractivity contribution < 1.29 is 18.3 Å². The van der Waals surface area contributed by atoms with Crippen LogP contribution in [0.25, 0.3) is 0 Å². The monoisotopic (exact) mass is 244 g/mol. The Morgan fingerprint density at radius 3 is 2.75 bits per heavy atom. The molecule has 1 rings (SSSR count). The van der Waals surface area contributed by atoms with Gasteiger partial charge >= 0.3 is 5.97 Å². The molecule has 0 spiro atoms. The topological polar surface area (TPSA) is 96.4 Å². The van der Waals surface area contributed by atoms with E-state index in [-0.39, 0.29) is 6.42 Å². The lowest BCUT2D eigenvalue weighted by Crippen LogP contribution is -2.29. The van der Waals surface area contributed by atoms with Crippen LogP contribution in [0.4, 0.5) is 0 Å². The van der Waals surface area contributed by atoms with Gasteiger partial charge in [0.05, 0.1) is 18.7 Å². The zero-order chi connectivity index (χ0) is 12.2. The maximum atomic E-state index is 11.1. The van der Waals surface area contributed by atoms with E-state index in [0.717, 1.165) is 6.26 Å². The number of hydrogen-bond donors (Lipinski definition) is 2. The van der Waals surface area contributed by atoms with E-state index in [9.17, 15) is 13.2 Å². The van der Waals surface area contributed by atoms with Gasteiger partial charge in [-0.1, -0.05) is 6.07 Å². The molecule has 1 unspecified atom stereocenters. The molecule has 0 aliphatic heterocycles. The van der Waals surface area contributed by atoms with Crippen LogP contribution in [0.15, 0.2) is 24.5 Å². The molecule has 0 aliphatic rings. The SMILES string of the molecule is CS(=O)(=O)NC(CC(=O)O)c1cccnc1. The van der Waals surface area contributed by atoms with Gasteiger partial charge in [0, 0.05) is 12.4 Å². The number of carbonyl (C=O) groups is 1. The minimum absolute atomic E-state index is 0.321. The number of sulfonamides is 1. The predicted octanol–water partition coefficient (Wildman–Crippen LogP) is 0.147. The lowest BCUT2D eigenvalue weighted by atomic mass is 10.1. The Balaban J connectivity index is 2.92. The van der Waals surface area contributed by atoms with Crippen molar-refractivity contribution in [3.05, 3.63) is 30.1 Å². The zero-order valence-electron chi connectivity index (χ0n) is 8.62. The lowest BCUT2D eigenvalue weighted by molar-refractivity contribution is -0.137. The van der Waals surface area contributed by atoms with Gasteiger partial charge in [-0.2, -0.15) is 0 Å². The number of rotatable bonds is 5. The molecule has 0 bridgehead atoms. The third kappa shape index (κ3) is 4.37. The molecule has 16 heavy (non-hydrogen) atoms. The van der Waals surface area contributed by atoms with Crippen molar-refractivity contribution in [3.8, 4) is 0 Å². The first-order valence-corrected chi connectivity index (χ1v) is 6.36. The maximum absolute atomic E-state index is 11.1. The molecule has 0 fully saturated rings. The van der Waals surface area contributed by atoms with E-state index < -0.39 is 22.0 Å². The van der Waals surface area contributed by atoms with E-state index >= 15 is 0 Å². The molecular weight excluding hydrogens is 232 g/mol. The number of aliphatic carboxylic acids is 1. The van der Waals surface area contributed by atoms with Gasteiger partial charge in [-0.15, -0.1) is 0 Å². The second-order valence-corrected chi connectivity index (χ2v) is 5.11. The summed E-state index contributed by atoms with van der Waals surface area (Å²) in [6, 6.07) is 2.45. The van der Waals surface area contributed by atoms with Crippen LogP contribution in [0.3, 0.4) is 0 Å². The van der Waals surface area contributed by atoms with Crippen LogP contribution >= 0.6 is 0 Å². The first-order valence-electron chi connectivity index (χ1n) is 4.47. The van der Waals surface area contributed by atoms with E-state index in [0.29, 0.717) is 5.56 Å². The Labute approximate surface area is 93.4 Å². The van der Waals surface area contributed by atoms with Crippen molar-refractivity contribution in [2.75, 3.05) is 6.26 Å². The summed E-state index contributed by atoms with van der Waals surface area (Å²) in [6.45, 7) is 0. The number of pyridine rings is 1. The number of carboxylic acid groups (broad SMARTS) is 1. The van der Waals surface area contributed by atoms with Crippen molar-refractivity contribution in [3.63, 3.8) is 0 Å². The molecule has 88 valence electrons. The van der Waals surface area contributed by atoms with Gasteiger partial charge in [0.25, 0.3) is 0 Å². The van der Waals surface area contributed by atoms with Crippen LogP contribution < -0.4 is 4.72 Å². The number of nitrogens with one attached hydrogen (secondary N) is 1. The highest BCUT2D eigenvalue weighted by Gasteiger charge is 2.19. The zero-order valence-corrected chi connectivity index (χ0v) is 9.44. The lowest BCUT2D eigenvalue weighted by Gasteiger charge is -2.15. The fourth-order valence-corrected chi connectivity index (χ4v) is 1.98. The Bertz CT molecular complexity index is 458. The normalized spacial score (nSPS) is 13.3. The number of nitrogens with zero attached hydrogens (tertiary/aromatic N) is 1. The van der Waals surface area contributed by atoms with Gasteiger partial charge in [-0.25, -0.2) is 13.1 Å². The summed E-state index contributed by atoms with van der Waals surface area (Å²) in [5.74, 6) is -1.08. The van der Waals surface area contributed by atoms with Crippen LogP contribution in [-0.2, 0) is 14.8 Å². The van der Waals surface area contributed by atoms with E-state index in [4.69, 9.17) is 5.11 Å². The number of aromatic nitrogens is 1. The molecule has 0 amide bonds. The van der Waals surface area contributed by atoms with Crippen LogP contribution in [0.2, 0.25) is 0 Å². The van der Waals surface area contributed by atoms with E-state index in [1.807, 2.05) is 0 Å². The first-order chi connectivity index (χ1) is 7.38. The fourth-order valence-electron chi connectivity index (χ4n) is 1.24. The molecule has 0 aromatic carbocycles. The molecule has 6 nitrogen and oxygen atoms in total. The fraction of sp³-hybridized carbons (Fsp3) is 0.333. The molecule has 0 saturated heterocycles. The summed E-state index contributed by atoms with van der Waals surface area (Å²) in [7, 11) is -3.46. The summed E-state index contributed by atoms with van der Waals surface area (Å²) in [6.07, 6.45) is 3.63. The van der Waals surface area contributed by atoms with Crippen molar-refractivity contribution in [1.29, 1.82) is 0 Å². The molecule has 0 aliphatic carbocycles. The van der Waals surface area contributed by atoms with Gasteiger partial charge < -0.3 is 5.11 Å². The van der Waals surface area contributed by atoms with Gasteiger partial charge in [0.2, 0.25) is 10.0 Å². The van der Waals surface area contributed by atoms with Crippen LogP contribution in [-0.4, -0.2) is 30.7 Å². The van der Waals surface area contributed by atoms with Gasteiger partial charge in [0.15, 0.2) is 0 Å². The molecule has 1 aromatic heterocycles. The summed E-state index contributed by atoms with van der Waals surface area (Å²) in [5, 5.41) is 8.69. The van der Waals surface area contributed by atoms with E-state index in [1.165, 1.54) is 12.4 Å². The minimum atomic E-state index is -3.46. The third-order valence-corrected chi connectivity index (χ3v) is 2.53. The van der Waals surface area contributed by atoms with Crippen LogP contribution in [0, 0.1) is 0 Å². The smallest absolute Gasteiger partial charge is 0.305 e. The highest BCUT2D eigenvalue weighted by Crippen LogP contribution is 2.16. The molecule has 0 radical (unpaired) electrons. The average molecular weight is 244 g/mol. The number of carboxylic acids is 1. The van der Waals surface area contributed by atoms with Crippen molar-refractivity contribution >= 4 is 16.0 Å². The van der Waals surface area contributed by atoms with E-state index in [1.54, 1.807) is 12.1 Å². The quantitative estimate of drug-likeness (QED) is 0.768. The molecule has 0 saturated carbocycles. The molecule has 1 aromatic rings. The minimum Gasteiger partial charge on any atom is -0.481 e. The first kappa shape index (κ1) is 12.6. The van der Waals surface area contributed by atoms with Gasteiger partial charge in [0.1, 0.15) is 0 Å². The van der Waals surface area contributed by atoms with Crippen molar-refractivity contribution in [2.45, 2.75) is 12.5 Å². The Morgan fingerprint density at radius 1 is 1.62 bits per heavy atom. The molecule has 2 N–H and O–H groups in total. The van der Waals surface area contributed by atoms with Gasteiger partial charge in [-0.3, -0.25) is 9.78 Å². The summed E-state index contributed by atoms with van der Waals surface area (Å²) in [4.78, 5) is 14.4. The second kappa shape index (κ2) is 5.04. The Kier molecular flexibility index (Phi) is 3.97. The van der Waals surface area contributed by atoms with Crippen molar-refractivity contribution in [1.82, 2.24) is 9.71 Å². The molecule has 1 atom stereocenters. The number of hydrogen-bond acceptors (Lipinski definition) is 4. The summed E-state index contributed by atoms with van der Waals surface area (Å²) < 4.78 is 24.4. The summed E-state index contributed by atoms with van der Waals surface area (Å²) in [5.41, 5.74) is 0.523. The second-order valence-electron chi connectivity index (χ2n) is 3.33. The van der Waals surface area contributed by atoms with Gasteiger partial charge in [-0.05, 0) is 11.6 Å². The largest absolute Gasteiger partial charge is 0.481 e. The summed E-state index contributed by atoms with van der Waals surface area (Å²) >= 11 is 0. The van der Waals surface area contributed by atoms with Crippen LogP contribution in [0.5, 0.6) is 0 Å². The highest BCUT2D eigenvalue weighted by atomic mass is 32.2. The Hall–Kier alpha value is -1.47. The standard InChI is InChI=1S/C9H12N2O4S/c1-16(14,15)11-8(5-9(12)13)7-3-2-4-10-6-7/h2-4,6,8,11H,5H2,1H3,(H,12,13).